The van der Waals surface area contributed by atoms with Crippen molar-refractivity contribution in [3.05, 3.63) is 0 Å². The van der Waals surface area contributed by atoms with E-state index in [1.807, 2.05) is 0 Å². The smallest absolute Gasteiger partial charge is 0.142 e. The number of nitrogens with one attached hydrogen (secondary N) is 2. The van der Waals surface area contributed by atoms with Crippen LogP contribution >= 0.6 is 24.1 Å². The standard InChI is InChI=1S/C8H16N2O3S2/c1-3-11-7(5-9-1)14-13-15-8-6-10-2-4-12-8/h7-10H,1-6H2. The molecule has 2 rings (SSSR count). The molecule has 0 saturated carbocycles. The van der Waals surface area contributed by atoms with Crippen LogP contribution in [0.2, 0.25) is 0 Å². The SMILES string of the molecule is C1COC(SOSC2CNCCO2)CN1. The van der Waals surface area contributed by atoms with Gasteiger partial charge in [-0.25, -0.2) is 3.63 Å². The summed E-state index contributed by atoms with van der Waals surface area (Å²) in [5.41, 5.74) is 0.200. The molecular weight excluding hydrogens is 236 g/mol. The van der Waals surface area contributed by atoms with E-state index in [-0.39, 0.29) is 10.9 Å². The van der Waals surface area contributed by atoms with Crippen LogP contribution in [0.4, 0.5) is 0 Å². The second kappa shape index (κ2) is 6.95. The highest BCUT2D eigenvalue weighted by Crippen LogP contribution is 2.25. The molecule has 0 aromatic heterocycles. The molecular formula is C8H16N2O3S2. The average molecular weight is 252 g/mol. The molecule has 0 aromatic carbocycles. The van der Waals surface area contributed by atoms with Gasteiger partial charge in [0.1, 0.15) is 10.9 Å². The summed E-state index contributed by atoms with van der Waals surface area (Å²) in [5.74, 6) is 0. The minimum atomic E-state index is 0.0998. The van der Waals surface area contributed by atoms with Gasteiger partial charge in [-0.3, -0.25) is 0 Å². The third-order valence-electron chi connectivity index (χ3n) is 2.08. The zero-order valence-corrected chi connectivity index (χ0v) is 10.1. The first kappa shape index (κ1) is 12.0. The van der Waals surface area contributed by atoms with Crippen molar-refractivity contribution in [3.8, 4) is 0 Å². The van der Waals surface area contributed by atoms with Crippen molar-refractivity contribution in [2.24, 2.45) is 0 Å². The van der Waals surface area contributed by atoms with Gasteiger partial charge >= 0.3 is 0 Å². The van der Waals surface area contributed by atoms with Crippen LogP contribution in [0.3, 0.4) is 0 Å². The van der Waals surface area contributed by atoms with Crippen molar-refractivity contribution in [3.63, 3.8) is 0 Å². The molecule has 0 amide bonds. The van der Waals surface area contributed by atoms with Crippen LogP contribution in [0.1, 0.15) is 0 Å². The summed E-state index contributed by atoms with van der Waals surface area (Å²) < 4.78 is 16.4. The lowest BCUT2D eigenvalue weighted by atomic mass is 10.5. The fourth-order valence-corrected chi connectivity index (χ4v) is 2.87. The lowest BCUT2D eigenvalue weighted by Crippen LogP contribution is -2.37. The summed E-state index contributed by atoms with van der Waals surface area (Å²) in [6, 6.07) is 0. The minimum Gasteiger partial charge on any atom is -0.363 e. The number of rotatable bonds is 4. The maximum absolute atomic E-state index is 5.47. The van der Waals surface area contributed by atoms with Gasteiger partial charge in [-0.1, -0.05) is 0 Å². The molecule has 2 heterocycles. The number of ether oxygens (including phenoxy) is 2. The molecule has 2 aliphatic rings. The van der Waals surface area contributed by atoms with Gasteiger partial charge in [0.15, 0.2) is 0 Å². The van der Waals surface area contributed by atoms with Gasteiger partial charge in [0.2, 0.25) is 0 Å². The summed E-state index contributed by atoms with van der Waals surface area (Å²) >= 11 is 2.72. The Morgan fingerprint density at radius 2 is 1.47 bits per heavy atom. The Morgan fingerprint density at radius 3 is 1.87 bits per heavy atom. The Labute approximate surface area is 98.4 Å². The van der Waals surface area contributed by atoms with E-state index in [1.54, 1.807) is 0 Å². The van der Waals surface area contributed by atoms with E-state index < -0.39 is 0 Å². The quantitative estimate of drug-likeness (QED) is 0.693. The summed E-state index contributed by atoms with van der Waals surface area (Å²) in [5, 5.41) is 6.49. The molecule has 2 unspecified atom stereocenters. The molecule has 0 aliphatic carbocycles. The third-order valence-corrected chi connectivity index (χ3v) is 3.74. The lowest BCUT2D eigenvalue weighted by Gasteiger charge is -2.24. The van der Waals surface area contributed by atoms with E-state index in [0.717, 1.165) is 39.4 Å². The predicted octanol–water partition coefficient (Wildman–Crippen LogP) is 0.191. The molecule has 7 heteroatoms. The maximum Gasteiger partial charge on any atom is 0.142 e. The molecule has 2 fully saturated rings. The zero-order chi connectivity index (χ0) is 10.3. The van der Waals surface area contributed by atoms with Crippen LogP contribution in [-0.4, -0.2) is 50.3 Å². The van der Waals surface area contributed by atoms with Crippen LogP contribution in [0, 0.1) is 0 Å². The Kier molecular flexibility index (Phi) is 5.55. The van der Waals surface area contributed by atoms with Crippen molar-refractivity contribution in [1.82, 2.24) is 10.6 Å². The van der Waals surface area contributed by atoms with Gasteiger partial charge in [0.25, 0.3) is 0 Å². The Morgan fingerprint density at radius 1 is 0.933 bits per heavy atom. The molecule has 0 bridgehead atoms. The van der Waals surface area contributed by atoms with E-state index in [0.29, 0.717) is 0 Å². The van der Waals surface area contributed by atoms with Gasteiger partial charge in [-0.15, -0.1) is 0 Å². The molecule has 2 N–H and O–H groups in total. The fraction of sp³-hybridized carbons (Fsp3) is 1.00. The second-order valence-electron chi connectivity index (χ2n) is 3.27. The number of morpholine rings is 2. The van der Waals surface area contributed by atoms with Crippen molar-refractivity contribution in [1.29, 1.82) is 0 Å². The molecule has 88 valence electrons. The lowest BCUT2D eigenvalue weighted by molar-refractivity contribution is 0.0792. The summed E-state index contributed by atoms with van der Waals surface area (Å²) in [7, 11) is 0. The van der Waals surface area contributed by atoms with E-state index in [2.05, 4.69) is 10.6 Å². The summed E-state index contributed by atoms with van der Waals surface area (Å²) in [6.07, 6.45) is 0. The normalized spacial score (nSPS) is 32.8. The van der Waals surface area contributed by atoms with E-state index >= 15 is 0 Å². The zero-order valence-electron chi connectivity index (χ0n) is 8.44. The number of hydrogen-bond acceptors (Lipinski definition) is 7. The van der Waals surface area contributed by atoms with Crippen LogP contribution in [0.5, 0.6) is 0 Å². The molecule has 0 spiro atoms. The average Bonchev–Trinajstić information content (AvgIpc) is 2.32. The first-order valence-corrected chi connectivity index (χ1v) is 6.69. The predicted molar refractivity (Wildman–Crippen MR) is 61.5 cm³/mol. The molecule has 5 nitrogen and oxygen atoms in total. The highest BCUT2D eigenvalue weighted by molar-refractivity contribution is 8.08. The van der Waals surface area contributed by atoms with E-state index in [1.165, 1.54) is 24.1 Å². The first-order valence-electron chi connectivity index (χ1n) is 5.08. The third kappa shape index (κ3) is 4.48. The van der Waals surface area contributed by atoms with Crippen molar-refractivity contribution in [2.75, 3.05) is 39.4 Å². The highest BCUT2D eigenvalue weighted by Gasteiger charge is 2.18. The van der Waals surface area contributed by atoms with Crippen molar-refractivity contribution >= 4 is 24.1 Å². The van der Waals surface area contributed by atoms with Gasteiger partial charge in [0.05, 0.1) is 13.2 Å². The van der Waals surface area contributed by atoms with Crippen LogP contribution in [0.25, 0.3) is 0 Å². The van der Waals surface area contributed by atoms with E-state index in [4.69, 9.17) is 13.1 Å². The molecule has 2 saturated heterocycles. The Balaban J connectivity index is 1.53. The van der Waals surface area contributed by atoms with Crippen LogP contribution in [-0.2, 0) is 13.1 Å². The fourth-order valence-electron chi connectivity index (χ4n) is 1.32. The van der Waals surface area contributed by atoms with Gasteiger partial charge < -0.3 is 20.1 Å². The minimum absolute atomic E-state index is 0.0998. The Bertz CT molecular complexity index is 157. The van der Waals surface area contributed by atoms with Gasteiger partial charge in [-0.05, 0) is 0 Å². The van der Waals surface area contributed by atoms with Crippen molar-refractivity contribution in [2.45, 2.75) is 10.9 Å². The molecule has 2 aliphatic heterocycles. The first-order chi connectivity index (χ1) is 7.45. The largest absolute Gasteiger partial charge is 0.363 e. The van der Waals surface area contributed by atoms with Gasteiger partial charge in [0, 0.05) is 50.3 Å². The molecule has 0 aromatic rings. The van der Waals surface area contributed by atoms with Crippen LogP contribution < -0.4 is 10.6 Å². The molecule has 0 radical (unpaired) electrons. The summed E-state index contributed by atoms with van der Waals surface area (Å²) in [6.45, 7) is 5.06. The monoisotopic (exact) mass is 252 g/mol. The maximum atomic E-state index is 5.47. The second-order valence-corrected chi connectivity index (χ2v) is 5.25. The van der Waals surface area contributed by atoms with Crippen LogP contribution in [0.15, 0.2) is 0 Å². The highest BCUT2D eigenvalue weighted by atomic mass is 32.2. The topological polar surface area (TPSA) is 51.8 Å². The van der Waals surface area contributed by atoms with Crippen molar-refractivity contribution < 1.29 is 13.1 Å². The molecule has 2 atom stereocenters. The number of hydrogen-bond donors (Lipinski definition) is 2. The molecule has 15 heavy (non-hydrogen) atoms. The van der Waals surface area contributed by atoms with Gasteiger partial charge in [-0.2, -0.15) is 0 Å². The van der Waals surface area contributed by atoms with E-state index in [9.17, 15) is 0 Å². The Hall–Kier alpha value is 0.500. The summed E-state index contributed by atoms with van der Waals surface area (Å²) in [4.78, 5) is 0.